The van der Waals surface area contributed by atoms with E-state index in [2.05, 4.69) is 34.5 Å². The lowest BCUT2D eigenvalue weighted by Crippen LogP contribution is -2.44. The molecule has 1 aromatic heterocycles. The number of para-hydroxylation sites is 1. The molecule has 8 heteroatoms. The molecule has 37 heavy (non-hydrogen) atoms. The Balaban J connectivity index is 1.27. The molecule has 1 fully saturated rings. The third kappa shape index (κ3) is 6.10. The molecule has 5 rings (SSSR count). The highest BCUT2D eigenvalue weighted by Gasteiger charge is 2.22. The first-order valence-corrected chi connectivity index (χ1v) is 12.5. The van der Waals surface area contributed by atoms with E-state index in [1.807, 2.05) is 42.6 Å². The minimum absolute atomic E-state index is 0.0177. The number of hydrogen-bond donors (Lipinski definition) is 1. The van der Waals surface area contributed by atoms with Crippen LogP contribution in [0.1, 0.15) is 24.0 Å². The number of nitrogens with one attached hydrogen (secondary N) is 1. The predicted molar refractivity (Wildman–Crippen MR) is 142 cm³/mol. The summed E-state index contributed by atoms with van der Waals surface area (Å²) >= 11 is 0. The fraction of sp³-hybridized carbons (Fsp3) is 0.241. The molecule has 0 radical (unpaired) electrons. The van der Waals surface area contributed by atoms with Crippen LogP contribution in [0.5, 0.6) is 0 Å². The monoisotopic (exact) mass is 495 g/mol. The predicted octanol–water partition coefficient (Wildman–Crippen LogP) is 4.77. The fourth-order valence-electron chi connectivity index (χ4n) is 4.76. The first-order valence-electron chi connectivity index (χ1n) is 12.5. The smallest absolute Gasteiger partial charge is 0.269 e. The number of amides is 1. The molecular weight excluding hydrogens is 466 g/mol. The number of rotatable bonds is 8. The largest absolute Gasteiger partial charge is 0.353 e. The summed E-state index contributed by atoms with van der Waals surface area (Å²) in [5.41, 5.74) is 4.35. The van der Waals surface area contributed by atoms with E-state index >= 15 is 0 Å². The third-order valence-corrected chi connectivity index (χ3v) is 6.72. The second-order valence-electron chi connectivity index (χ2n) is 9.37. The maximum absolute atomic E-state index is 13.1. The lowest BCUT2D eigenvalue weighted by atomic mass is 10.0. The fourth-order valence-corrected chi connectivity index (χ4v) is 4.76. The van der Waals surface area contributed by atoms with Crippen LogP contribution in [0.15, 0.2) is 91.1 Å². The summed E-state index contributed by atoms with van der Waals surface area (Å²) in [6.07, 6.45) is 3.88. The van der Waals surface area contributed by atoms with Crippen LogP contribution >= 0.6 is 0 Å². The van der Waals surface area contributed by atoms with Crippen molar-refractivity contribution < 1.29 is 9.72 Å². The average molecular weight is 496 g/mol. The normalized spacial score (nSPS) is 14.4. The Bertz CT molecular complexity index is 1350. The Kier molecular flexibility index (Phi) is 7.37. The minimum Gasteiger partial charge on any atom is -0.353 e. The van der Waals surface area contributed by atoms with Gasteiger partial charge in [0.2, 0.25) is 5.91 Å². The van der Waals surface area contributed by atoms with Crippen LogP contribution in [0.2, 0.25) is 0 Å². The molecule has 0 unspecified atom stereocenters. The summed E-state index contributed by atoms with van der Waals surface area (Å²) in [6, 6.07) is 26.6. The zero-order valence-corrected chi connectivity index (χ0v) is 20.5. The van der Waals surface area contributed by atoms with Crippen LogP contribution in [-0.2, 0) is 17.8 Å². The molecule has 1 aliphatic rings. The van der Waals surface area contributed by atoms with E-state index in [0.29, 0.717) is 5.69 Å². The van der Waals surface area contributed by atoms with Crippen LogP contribution < -0.4 is 5.32 Å². The number of non-ortho nitro benzene ring substituents is 1. The molecule has 0 saturated carbocycles. The molecule has 0 bridgehead atoms. The number of carbonyl (C=O) groups is 1. The van der Waals surface area contributed by atoms with Gasteiger partial charge in [0.1, 0.15) is 0 Å². The Labute approximate surface area is 215 Å². The van der Waals surface area contributed by atoms with Crippen molar-refractivity contribution in [2.75, 3.05) is 13.1 Å². The number of hydrogen-bond acceptors (Lipinski definition) is 5. The molecule has 1 amide bonds. The summed E-state index contributed by atoms with van der Waals surface area (Å²) in [4.78, 5) is 26.2. The summed E-state index contributed by atoms with van der Waals surface area (Å²) in [7, 11) is 0. The summed E-state index contributed by atoms with van der Waals surface area (Å²) in [5.74, 6) is -0.0442. The van der Waals surface area contributed by atoms with E-state index in [4.69, 9.17) is 5.10 Å². The highest BCUT2D eigenvalue weighted by atomic mass is 16.6. The third-order valence-electron chi connectivity index (χ3n) is 6.72. The second-order valence-corrected chi connectivity index (χ2v) is 9.37. The van der Waals surface area contributed by atoms with Crippen LogP contribution in [0.4, 0.5) is 5.69 Å². The van der Waals surface area contributed by atoms with E-state index in [9.17, 15) is 14.9 Å². The number of benzene rings is 3. The van der Waals surface area contributed by atoms with Gasteiger partial charge in [0.05, 0.1) is 22.7 Å². The van der Waals surface area contributed by atoms with Gasteiger partial charge in [-0.2, -0.15) is 5.10 Å². The van der Waals surface area contributed by atoms with Crippen LogP contribution in [0, 0.1) is 10.1 Å². The second kappa shape index (κ2) is 11.2. The van der Waals surface area contributed by atoms with E-state index in [1.54, 1.807) is 16.8 Å². The average Bonchev–Trinajstić information content (AvgIpc) is 3.34. The number of nitrogens with zero attached hydrogens (tertiary/aromatic N) is 4. The lowest BCUT2D eigenvalue weighted by molar-refractivity contribution is -0.384. The number of aromatic nitrogens is 2. The first kappa shape index (κ1) is 24.4. The van der Waals surface area contributed by atoms with Crippen molar-refractivity contribution in [2.24, 2.45) is 0 Å². The van der Waals surface area contributed by atoms with Gasteiger partial charge in [0, 0.05) is 55.1 Å². The van der Waals surface area contributed by atoms with Crippen molar-refractivity contribution in [3.8, 4) is 16.9 Å². The van der Waals surface area contributed by atoms with Crippen molar-refractivity contribution in [2.45, 2.75) is 31.8 Å². The van der Waals surface area contributed by atoms with Crippen LogP contribution in [0.25, 0.3) is 16.9 Å². The Morgan fingerprint density at radius 2 is 1.59 bits per heavy atom. The van der Waals surface area contributed by atoms with Gasteiger partial charge in [-0.15, -0.1) is 0 Å². The van der Waals surface area contributed by atoms with Crippen molar-refractivity contribution in [3.05, 3.63) is 112 Å². The lowest BCUT2D eigenvalue weighted by Gasteiger charge is -2.32. The van der Waals surface area contributed by atoms with Gasteiger partial charge in [0.15, 0.2) is 0 Å². The molecule has 0 spiro atoms. The van der Waals surface area contributed by atoms with Crippen molar-refractivity contribution in [3.63, 3.8) is 0 Å². The summed E-state index contributed by atoms with van der Waals surface area (Å²) in [6.45, 7) is 2.82. The quantitative estimate of drug-likeness (QED) is 0.281. The molecule has 0 aliphatic carbocycles. The molecule has 1 aliphatic heterocycles. The van der Waals surface area contributed by atoms with Gasteiger partial charge in [-0.25, -0.2) is 4.68 Å². The molecule has 1 saturated heterocycles. The SMILES string of the molecule is O=C(Cc1cn(-c2ccccc2)nc1-c1ccc([N+](=O)[O-])cc1)NC1CCN(Cc2ccccc2)CC1. The van der Waals surface area contributed by atoms with E-state index in [1.165, 1.54) is 17.7 Å². The topological polar surface area (TPSA) is 93.3 Å². The minimum atomic E-state index is -0.425. The molecule has 3 aromatic carbocycles. The van der Waals surface area contributed by atoms with Gasteiger partial charge in [-0.3, -0.25) is 19.8 Å². The van der Waals surface area contributed by atoms with E-state index in [-0.39, 0.29) is 24.1 Å². The maximum atomic E-state index is 13.1. The maximum Gasteiger partial charge on any atom is 0.269 e. The highest BCUT2D eigenvalue weighted by Crippen LogP contribution is 2.26. The Hall–Kier alpha value is -4.30. The van der Waals surface area contributed by atoms with Gasteiger partial charge in [-0.1, -0.05) is 48.5 Å². The van der Waals surface area contributed by atoms with Crippen molar-refractivity contribution in [1.82, 2.24) is 20.0 Å². The molecule has 1 N–H and O–H groups in total. The summed E-state index contributed by atoms with van der Waals surface area (Å²) < 4.78 is 1.75. The molecular formula is C29H29N5O3. The standard InChI is InChI=1S/C29H29N5O3/c35-28(30-25-15-17-32(18-16-25)20-22-7-3-1-4-8-22)19-24-21-33(26-9-5-2-6-10-26)31-29(24)23-11-13-27(14-12-23)34(36)37/h1-14,21,25H,15-20H2,(H,30,35). The number of carbonyl (C=O) groups excluding carboxylic acids is 1. The van der Waals surface area contributed by atoms with Gasteiger partial charge < -0.3 is 5.32 Å². The molecule has 4 aromatic rings. The van der Waals surface area contributed by atoms with E-state index < -0.39 is 4.92 Å². The zero-order chi connectivity index (χ0) is 25.6. The van der Waals surface area contributed by atoms with Gasteiger partial charge in [-0.05, 0) is 42.7 Å². The first-order chi connectivity index (χ1) is 18.0. The molecule has 0 atom stereocenters. The van der Waals surface area contributed by atoms with Crippen LogP contribution in [-0.4, -0.2) is 44.6 Å². The molecule has 2 heterocycles. The number of nitro benzene ring substituents is 1. The number of likely N-dealkylation sites (tertiary alicyclic amines) is 1. The number of piperidine rings is 1. The van der Waals surface area contributed by atoms with Crippen LogP contribution in [0.3, 0.4) is 0 Å². The highest BCUT2D eigenvalue weighted by molar-refractivity contribution is 5.81. The van der Waals surface area contributed by atoms with Crippen molar-refractivity contribution in [1.29, 1.82) is 0 Å². The van der Waals surface area contributed by atoms with Gasteiger partial charge >= 0.3 is 0 Å². The Morgan fingerprint density at radius 3 is 2.24 bits per heavy atom. The summed E-state index contributed by atoms with van der Waals surface area (Å²) in [5, 5.41) is 19.0. The Morgan fingerprint density at radius 1 is 0.946 bits per heavy atom. The molecule has 8 nitrogen and oxygen atoms in total. The van der Waals surface area contributed by atoms with Gasteiger partial charge in [0.25, 0.3) is 5.69 Å². The number of nitro groups is 1. The zero-order valence-electron chi connectivity index (χ0n) is 20.5. The van der Waals surface area contributed by atoms with Crippen molar-refractivity contribution >= 4 is 11.6 Å². The molecule has 188 valence electrons. The van der Waals surface area contributed by atoms with E-state index in [0.717, 1.165) is 49.3 Å².